The molecule has 0 unspecified atom stereocenters. The molecule has 0 saturated carbocycles. The van der Waals surface area contributed by atoms with E-state index < -0.39 is 0 Å². The third-order valence-corrected chi connectivity index (χ3v) is 3.47. The van der Waals surface area contributed by atoms with E-state index in [-0.39, 0.29) is 0 Å². The third kappa shape index (κ3) is 3.16. The van der Waals surface area contributed by atoms with Gasteiger partial charge in [0, 0.05) is 23.7 Å². The van der Waals surface area contributed by atoms with E-state index in [2.05, 4.69) is 29.5 Å². The highest BCUT2D eigenvalue weighted by Crippen LogP contribution is 2.21. The van der Waals surface area contributed by atoms with Crippen molar-refractivity contribution in [1.82, 2.24) is 14.8 Å². The molecule has 0 fully saturated rings. The molecule has 0 aliphatic heterocycles. The molecule has 0 bridgehead atoms. The second-order valence-corrected chi connectivity index (χ2v) is 5.41. The van der Waals surface area contributed by atoms with Gasteiger partial charge < -0.3 is 5.32 Å². The van der Waals surface area contributed by atoms with Crippen LogP contribution in [0.5, 0.6) is 0 Å². The van der Waals surface area contributed by atoms with Crippen molar-refractivity contribution >= 4 is 28.3 Å². The number of nitrogens with one attached hydrogen (secondary N) is 1. The van der Waals surface area contributed by atoms with E-state index in [4.69, 9.17) is 16.6 Å². The maximum absolute atomic E-state index is 5.93. The van der Waals surface area contributed by atoms with Crippen molar-refractivity contribution in [3.63, 3.8) is 0 Å². The van der Waals surface area contributed by atoms with Crippen molar-refractivity contribution in [3.8, 4) is 0 Å². The minimum Gasteiger partial charge on any atom is -0.370 e. The smallest absolute Gasteiger partial charge is 0.131 e. The third-order valence-electron chi connectivity index (χ3n) is 3.28. The first kappa shape index (κ1) is 13.9. The van der Waals surface area contributed by atoms with E-state index in [1.807, 2.05) is 29.1 Å². The minimum atomic E-state index is 0.645. The van der Waals surface area contributed by atoms with Gasteiger partial charge in [0.2, 0.25) is 0 Å². The fourth-order valence-corrected chi connectivity index (χ4v) is 2.43. The number of rotatable bonds is 5. The Morgan fingerprint density at radius 3 is 2.90 bits per heavy atom. The van der Waals surface area contributed by atoms with Gasteiger partial charge in [-0.2, -0.15) is 5.10 Å². The van der Waals surface area contributed by atoms with E-state index in [1.54, 1.807) is 6.20 Å². The zero-order valence-corrected chi connectivity index (χ0v) is 12.6. The zero-order valence-electron chi connectivity index (χ0n) is 11.9. The summed E-state index contributed by atoms with van der Waals surface area (Å²) in [5.41, 5.74) is 2.11. The average molecular weight is 301 g/mol. The molecule has 21 heavy (non-hydrogen) atoms. The number of anilines is 1. The SMILES string of the molecule is CCCNc1nc2ccccc2cc1Cn1cc(Cl)cn1. The fraction of sp³-hybridized carbons (Fsp3) is 0.250. The normalized spacial score (nSPS) is 11.0. The fourth-order valence-electron chi connectivity index (χ4n) is 2.28. The predicted molar refractivity (Wildman–Crippen MR) is 86.9 cm³/mol. The zero-order chi connectivity index (χ0) is 14.7. The summed E-state index contributed by atoms with van der Waals surface area (Å²) in [5, 5.41) is 9.42. The predicted octanol–water partition coefficient (Wildman–Crippen LogP) is 3.95. The molecule has 0 aliphatic carbocycles. The first-order valence-electron chi connectivity index (χ1n) is 7.07. The highest BCUT2D eigenvalue weighted by molar-refractivity contribution is 6.30. The summed E-state index contributed by atoms with van der Waals surface area (Å²) in [6, 6.07) is 10.3. The van der Waals surface area contributed by atoms with Crippen molar-refractivity contribution in [2.45, 2.75) is 19.9 Å². The summed E-state index contributed by atoms with van der Waals surface area (Å²) in [4.78, 5) is 4.73. The lowest BCUT2D eigenvalue weighted by atomic mass is 10.1. The summed E-state index contributed by atoms with van der Waals surface area (Å²) >= 11 is 5.93. The van der Waals surface area contributed by atoms with Crippen LogP contribution in [0.2, 0.25) is 5.02 Å². The Hall–Kier alpha value is -2.07. The Labute approximate surface area is 128 Å². The summed E-state index contributed by atoms with van der Waals surface area (Å²) in [5.74, 6) is 0.919. The van der Waals surface area contributed by atoms with E-state index in [0.29, 0.717) is 11.6 Å². The van der Waals surface area contributed by atoms with Gasteiger partial charge >= 0.3 is 0 Å². The van der Waals surface area contributed by atoms with Crippen LogP contribution < -0.4 is 5.32 Å². The first-order valence-corrected chi connectivity index (χ1v) is 7.44. The van der Waals surface area contributed by atoms with E-state index in [1.165, 1.54) is 0 Å². The number of fused-ring (bicyclic) bond motifs is 1. The molecule has 1 aromatic carbocycles. The van der Waals surface area contributed by atoms with Gasteiger partial charge in [0.15, 0.2) is 0 Å². The van der Waals surface area contributed by atoms with Gasteiger partial charge in [0.25, 0.3) is 0 Å². The van der Waals surface area contributed by atoms with Crippen molar-refractivity contribution in [2.24, 2.45) is 0 Å². The van der Waals surface area contributed by atoms with Gasteiger partial charge in [-0.15, -0.1) is 0 Å². The van der Waals surface area contributed by atoms with Crippen LogP contribution >= 0.6 is 11.6 Å². The van der Waals surface area contributed by atoms with Gasteiger partial charge in [0.05, 0.1) is 23.3 Å². The van der Waals surface area contributed by atoms with Crippen LogP contribution in [0.3, 0.4) is 0 Å². The lowest BCUT2D eigenvalue weighted by Gasteiger charge is -2.12. The summed E-state index contributed by atoms with van der Waals surface area (Å²) < 4.78 is 1.82. The molecule has 0 radical (unpaired) electrons. The largest absolute Gasteiger partial charge is 0.370 e. The molecule has 5 heteroatoms. The number of hydrogen-bond acceptors (Lipinski definition) is 3. The van der Waals surface area contributed by atoms with Crippen molar-refractivity contribution in [2.75, 3.05) is 11.9 Å². The minimum absolute atomic E-state index is 0.645. The van der Waals surface area contributed by atoms with Crippen molar-refractivity contribution in [3.05, 3.63) is 53.3 Å². The molecule has 3 rings (SSSR count). The van der Waals surface area contributed by atoms with Crippen LogP contribution in [-0.4, -0.2) is 21.3 Å². The number of nitrogens with zero attached hydrogens (tertiary/aromatic N) is 3. The Bertz CT molecular complexity index is 751. The molecular weight excluding hydrogens is 284 g/mol. The molecule has 4 nitrogen and oxygen atoms in total. The van der Waals surface area contributed by atoms with Crippen LogP contribution in [-0.2, 0) is 6.54 Å². The number of halogens is 1. The number of aromatic nitrogens is 3. The van der Waals surface area contributed by atoms with Crippen LogP contribution in [0.15, 0.2) is 42.7 Å². The molecule has 2 heterocycles. The maximum Gasteiger partial charge on any atom is 0.131 e. The lowest BCUT2D eigenvalue weighted by molar-refractivity contribution is 0.686. The van der Waals surface area contributed by atoms with Gasteiger partial charge in [-0.3, -0.25) is 4.68 Å². The number of benzene rings is 1. The highest BCUT2D eigenvalue weighted by Gasteiger charge is 2.08. The van der Waals surface area contributed by atoms with Crippen LogP contribution in [0.4, 0.5) is 5.82 Å². The Morgan fingerprint density at radius 1 is 1.29 bits per heavy atom. The molecule has 1 N–H and O–H groups in total. The Morgan fingerprint density at radius 2 is 2.14 bits per heavy atom. The summed E-state index contributed by atoms with van der Waals surface area (Å²) in [6.45, 7) is 3.69. The van der Waals surface area contributed by atoms with Gasteiger partial charge in [0.1, 0.15) is 5.82 Å². The lowest BCUT2D eigenvalue weighted by Crippen LogP contribution is -2.09. The van der Waals surface area contributed by atoms with Crippen LogP contribution in [0, 0.1) is 0 Å². The van der Waals surface area contributed by atoms with Crippen molar-refractivity contribution < 1.29 is 0 Å². The molecule has 108 valence electrons. The van der Waals surface area contributed by atoms with Crippen molar-refractivity contribution in [1.29, 1.82) is 0 Å². The van der Waals surface area contributed by atoms with E-state index in [0.717, 1.165) is 35.2 Å². The van der Waals surface area contributed by atoms with Gasteiger partial charge in [-0.05, 0) is 18.6 Å². The second kappa shape index (κ2) is 6.14. The first-order chi connectivity index (χ1) is 10.3. The monoisotopic (exact) mass is 300 g/mol. The van der Waals surface area contributed by atoms with Crippen LogP contribution in [0.1, 0.15) is 18.9 Å². The summed E-state index contributed by atoms with van der Waals surface area (Å²) in [6.07, 6.45) is 4.52. The van der Waals surface area contributed by atoms with E-state index in [9.17, 15) is 0 Å². The molecule has 0 spiro atoms. The number of para-hydroxylation sites is 1. The standard InChI is InChI=1S/C16H17ClN4/c1-2-7-18-16-13(10-21-11-14(17)9-19-21)8-12-5-3-4-6-15(12)20-16/h3-6,8-9,11H,2,7,10H2,1H3,(H,18,20). The molecule has 0 atom stereocenters. The average Bonchev–Trinajstić information content (AvgIpc) is 2.90. The summed E-state index contributed by atoms with van der Waals surface area (Å²) in [7, 11) is 0. The molecule has 2 aromatic heterocycles. The molecule has 3 aromatic rings. The maximum atomic E-state index is 5.93. The number of pyridine rings is 1. The molecule has 0 saturated heterocycles. The number of hydrogen-bond donors (Lipinski definition) is 1. The van der Waals surface area contributed by atoms with E-state index >= 15 is 0 Å². The second-order valence-electron chi connectivity index (χ2n) is 4.97. The van der Waals surface area contributed by atoms with Gasteiger partial charge in [-0.25, -0.2) is 4.98 Å². The quantitative estimate of drug-likeness (QED) is 0.775. The molecular formula is C16H17ClN4. The topological polar surface area (TPSA) is 42.7 Å². The Kier molecular flexibility index (Phi) is 4.06. The van der Waals surface area contributed by atoms with Crippen LogP contribution in [0.25, 0.3) is 10.9 Å². The molecule has 0 amide bonds. The highest BCUT2D eigenvalue weighted by atomic mass is 35.5. The Balaban J connectivity index is 2.00. The van der Waals surface area contributed by atoms with Gasteiger partial charge in [-0.1, -0.05) is 36.7 Å². The molecule has 0 aliphatic rings.